The summed E-state index contributed by atoms with van der Waals surface area (Å²) in [4.78, 5) is 11.6. The number of rotatable bonds is 15. The molecule has 3 N–H and O–H groups in total. The molecule has 7 nitrogen and oxygen atoms in total. The fourth-order valence-corrected chi connectivity index (χ4v) is 3.57. The van der Waals surface area contributed by atoms with Crippen molar-refractivity contribution in [2.45, 2.75) is 76.4 Å². The standard InChI is InChI=1S/C16H34N2O5S/c1-3-10-15(24(21,22)23)11-7-5-4-6-8-12-16(19)17-13-9-14-18(2)20/h15,20H,3-14H2,1-2H3,(H,17,19)(H,21,22,23). The van der Waals surface area contributed by atoms with Gasteiger partial charge < -0.3 is 10.5 Å². The van der Waals surface area contributed by atoms with Crippen LogP contribution in [0, 0.1) is 0 Å². The van der Waals surface area contributed by atoms with Crippen LogP contribution in [0.25, 0.3) is 0 Å². The summed E-state index contributed by atoms with van der Waals surface area (Å²) in [7, 11) is -2.35. The summed E-state index contributed by atoms with van der Waals surface area (Å²) in [5, 5.41) is 12.2. The first-order chi connectivity index (χ1) is 11.3. The Morgan fingerprint density at radius 1 is 1.08 bits per heavy atom. The molecule has 0 aromatic rings. The Kier molecular flexibility index (Phi) is 13.2. The molecule has 0 aliphatic carbocycles. The second kappa shape index (κ2) is 13.6. The topological polar surface area (TPSA) is 107 Å². The van der Waals surface area contributed by atoms with Gasteiger partial charge in [0.2, 0.25) is 5.91 Å². The van der Waals surface area contributed by atoms with E-state index in [1.807, 2.05) is 6.92 Å². The Morgan fingerprint density at radius 2 is 1.71 bits per heavy atom. The van der Waals surface area contributed by atoms with E-state index >= 15 is 0 Å². The molecule has 8 heteroatoms. The summed E-state index contributed by atoms with van der Waals surface area (Å²) in [6.07, 6.45) is 7.40. The van der Waals surface area contributed by atoms with Crippen LogP contribution < -0.4 is 5.32 Å². The second-order valence-electron chi connectivity index (χ2n) is 6.32. The summed E-state index contributed by atoms with van der Waals surface area (Å²) in [5.41, 5.74) is 0. The van der Waals surface area contributed by atoms with E-state index in [1.54, 1.807) is 7.05 Å². The SMILES string of the molecule is CCCC(CCCCCCCC(=O)NCCCN(C)O)S(=O)(=O)O. The summed E-state index contributed by atoms with van der Waals surface area (Å²) < 4.78 is 31.5. The molecule has 0 saturated heterocycles. The summed E-state index contributed by atoms with van der Waals surface area (Å²) in [6, 6.07) is 0. The number of unbranched alkanes of at least 4 members (excludes halogenated alkanes) is 4. The predicted molar refractivity (Wildman–Crippen MR) is 94.6 cm³/mol. The molecular formula is C16H34N2O5S. The maximum absolute atomic E-state index is 11.6. The van der Waals surface area contributed by atoms with Gasteiger partial charge >= 0.3 is 0 Å². The molecule has 0 heterocycles. The van der Waals surface area contributed by atoms with Crippen LogP contribution in [0.1, 0.15) is 71.1 Å². The largest absolute Gasteiger partial charge is 0.356 e. The Morgan fingerprint density at radius 3 is 2.29 bits per heavy atom. The number of amides is 1. The van der Waals surface area contributed by atoms with Crippen LogP contribution in [0.2, 0.25) is 0 Å². The molecule has 0 saturated carbocycles. The molecule has 1 unspecified atom stereocenters. The van der Waals surface area contributed by atoms with E-state index in [1.165, 1.54) is 0 Å². The fourth-order valence-electron chi connectivity index (χ4n) is 2.58. The zero-order chi connectivity index (χ0) is 18.4. The Labute approximate surface area is 146 Å². The zero-order valence-corrected chi connectivity index (χ0v) is 15.9. The number of carbonyl (C=O) groups excluding carboxylic acids is 1. The van der Waals surface area contributed by atoms with E-state index in [0.717, 1.165) is 43.6 Å². The highest BCUT2D eigenvalue weighted by Gasteiger charge is 2.20. The molecular weight excluding hydrogens is 332 g/mol. The Balaban J connectivity index is 3.57. The van der Waals surface area contributed by atoms with Gasteiger partial charge in [-0.05, 0) is 25.7 Å². The van der Waals surface area contributed by atoms with Gasteiger partial charge in [0.15, 0.2) is 0 Å². The molecule has 0 rings (SSSR count). The van der Waals surface area contributed by atoms with Gasteiger partial charge in [0, 0.05) is 26.6 Å². The number of nitrogens with zero attached hydrogens (tertiary/aromatic N) is 1. The molecule has 0 spiro atoms. The van der Waals surface area contributed by atoms with Crippen LogP contribution in [-0.4, -0.2) is 54.5 Å². The van der Waals surface area contributed by atoms with E-state index in [9.17, 15) is 13.2 Å². The average Bonchev–Trinajstić information content (AvgIpc) is 2.48. The minimum atomic E-state index is -3.92. The van der Waals surface area contributed by atoms with Gasteiger partial charge in [-0.2, -0.15) is 13.5 Å². The first-order valence-corrected chi connectivity index (χ1v) is 10.4. The monoisotopic (exact) mass is 366 g/mol. The molecule has 1 atom stereocenters. The quantitative estimate of drug-likeness (QED) is 0.234. The Bertz CT molecular complexity index is 426. The van der Waals surface area contributed by atoms with Crippen LogP contribution in [0.4, 0.5) is 0 Å². The lowest BCUT2D eigenvalue weighted by molar-refractivity contribution is -0.121. The van der Waals surface area contributed by atoms with E-state index in [-0.39, 0.29) is 5.91 Å². The van der Waals surface area contributed by atoms with Gasteiger partial charge in [0.25, 0.3) is 10.1 Å². The highest BCUT2D eigenvalue weighted by atomic mass is 32.2. The molecule has 0 radical (unpaired) electrons. The van der Waals surface area contributed by atoms with E-state index < -0.39 is 15.4 Å². The van der Waals surface area contributed by atoms with E-state index in [4.69, 9.17) is 9.76 Å². The molecule has 0 bridgehead atoms. The molecule has 0 aromatic heterocycles. The number of carbonyl (C=O) groups is 1. The van der Waals surface area contributed by atoms with Crippen LogP contribution in [-0.2, 0) is 14.9 Å². The van der Waals surface area contributed by atoms with Crippen LogP contribution in [0.3, 0.4) is 0 Å². The number of hydroxylamine groups is 2. The van der Waals surface area contributed by atoms with E-state index in [2.05, 4.69) is 5.32 Å². The Hall–Kier alpha value is -0.700. The zero-order valence-electron chi connectivity index (χ0n) is 15.0. The number of hydrogen-bond acceptors (Lipinski definition) is 5. The van der Waals surface area contributed by atoms with Crippen LogP contribution >= 0.6 is 0 Å². The summed E-state index contributed by atoms with van der Waals surface area (Å²) in [5.74, 6) is 0.0324. The maximum atomic E-state index is 11.6. The summed E-state index contributed by atoms with van der Waals surface area (Å²) in [6.45, 7) is 3.01. The molecule has 0 fully saturated rings. The first kappa shape index (κ1) is 23.3. The molecule has 1 amide bonds. The lowest BCUT2D eigenvalue weighted by Crippen LogP contribution is -2.26. The smallest absolute Gasteiger partial charge is 0.267 e. The molecule has 24 heavy (non-hydrogen) atoms. The molecule has 0 aliphatic rings. The summed E-state index contributed by atoms with van der Waals surface area (Å²) >= 11 is 0. The third-order valence-electron chi connectivity index (χ3n) is 3.94. The van der Waals surface area contributed by atoms with Gasteiger partial charge in [-0.1, -0.05) is 39.0 Å². The van der Waals surface area contributed by atoms with Crippen molar-refractivity contribution in [1.29, 1.82) is 0 Å². The minimum absolute atomic E-state index is 0.0324. The predicted octanol–water partition coefficient (Wildman–Crippen LogP) is 2.60. The van der Waals surface area contributed by atoms with Crippen LogP contribution in [0.15, 0.2) is 0 Å². The first-order valence-electron chi connectivity index (χ1n) is 8.90. The van der Waals surface area contributed by atoms with E-state index in [0.29, 0.717) is 38.8 Å². The average molecular weight is 367 g/mol. The second-order valence-corrected chi connectivity index (χ2v) is 8.01. The van der Waals surface area contributed by atoms with Crippen molar-refractivity contribution in [2.24, 2.45) is 0 Å². The molecule has 0 aliphatic heterocycles. The van der Waals surface area contributed by atoms with Gasteiger partial charge in [0.1, 0.15) is 0 Å². The lowest BCUT2D eigenvalue weighted by atomic mass is 10.1. The van der Waals surface area contributed by atoms with Crippen molar-refractivity contribution in [1.82, 2.24) is 10.4 Å². The third kappa shape index (κ3) is 13.7. The van der Waals surface area contributed by atoms with Crippen molar-refractivity contribution < 1.29 is 23.0 Å². The molecule has 144 valence electrons. The van der Waals surface area contributed by atoms with Crippen LogP contribution in [0.5, 0.6) is 0 Å². The molecule has 0 aromatic carbocycles. The number of nitrogens with one attached hydrogen (secondary N) is 1. The van der Waals surface area contributed by atoms with Crippen molar-refractivity contribution in [2.75, 3.05) is 20.1 Å². The highest BCUT2D eigenvalue weighted by molar-refractivity contribution is 7.86. The van der Waals surface area contributed by atoms with Gasteiger partial charge in [-0.25, -0.2) is 0 Å². The maximum Gasteiger partial charge on any atom is 0.267 e. The highest BCUT2D eigenvalue weighted by Crippen LogP contribution is 2.16. The van der Waals surface area contributed by atoms with Crippen molar-refractivity contribution in [3.63, 3.8) is 0 Å². The number of hydrogen-bond donors (Lipinski definition) is 3. The van der Waals surface area contributed by atoms with Crippen molar-refractivity contribution >= 4 is 16.0 Å². The normalized spacial score (nSPS) is 13.2. The minimum Gasteiger partial charge on any atom is -0.356 e. The van der Waals surface area contributed by atoms with Gasteiger partial charge in [0.05, 0.1) is 5.25 Å². The van der Waals surface area contributed by atoms with Gasteiger partial charge in [-0.3, -0.25) is 9.35 Å². The van der Waals surface area contributed by atoms with Crippen molar-refractivity contribution in [3.8, 4) is 0 Å². The third-order valence-corrected chi connectivity index (χ3v) is 5.26. The van der Waals surface area contributed by atoms with Crippen molar-refractivity contribution in [3.05, 3.63) is 0 Å². The lowest BCUT2D eigenvalue weighted by Gasteiger charge is -2.12. The van der Waals surface area contributed by atoms with Gasteiger partial charge in [-0.15, -0.1) is 0 Å². The fraction of sp³-hybridized carbons (Fsp3) is 0.938.